The molecular weight excluding hydrogens is 406 g/mol. The van der Waals surface area contributed by atoms with Crippen molar-refractivity contribution in [2.75, 3.05) is 6.54 Å². The molecule has 0 aromatic heterocycles. The van der Waals surface area contributed by atoms with Gasteiger partial charge in [0.1, 0.15) is 23.6 Å². The first-order valence-electron chi connectivity index (χ1n) is 9.61. The molecule has 0 saturated heterocycles. The maximum Gasteiger partial charge on any atom is 0.408 e. The normalized spacial score (nSPS) is 16.5. The Labute approximate surface area is 179 Å². The zero-order valence-corrected chi connectivity index (χ0v) is 17.6. The van der Waals surface area contributed by atoms with Crippen LogP contribution in [0.25, 0.3) is 0 Å². The number of hydrogen-bond acceptors (Lipinski definition) is 7. The van der Waals surface area contributed by atoms with Crippen molar-refractivity contribution >= 4 is 29.5 Å². The van der Waals surface area contributed by atoms with Gasteiger partial charge in [0, 0.05) is 18.5 Å². The van der Waals surface area contributed by atoms with Crippen molar-refractivity contribution in [1.29, 1.82) is 5.41 Å². The van der Waals surface area contributed by atoms with Gasteiger partial charge in [0.25, 0.3) is 0 Å². The molecule has 0 fully saturated rings. The highest BCUT2D eigenvalue weighted by atomic mass is 16.6. The molecule has 0 aliphatic carbocycles. The summed E-state index contributed by atoms with van der Waals surface area (Å²) in [7, 11) is 0. The first-order valence-corrected chi connectivity index (χ1v) is 9.61. The highest BCUT2D eigenvalue weighted by Crippen LogP contribution is 2.19. The SMILES string of the molecule is CC(C)(C)OC(=O)N[C@@H](CNC(=O)CC1CC(c2ccc(C(=N)N)cc2)=NO1)C(=O)O. The number of rotatable bonds is 8. The van der Waals surface area contributed by atoms with Gasteiger partial charge in [0.05, 0.1) is 12.1 Å². The number of oxime groups is 1. The fourth-order valence-electron chi connectivity index (χ4n) is 2.70. The summed E-state index contributed by atoms with van der Waals surface area (Å²) in [5.41, 5.74) is 6.69. The number of hydrogen-bond donors (Lipinski definition) is 5. The van der Waals surface area contributed by atoms with E-state index in [2.05, 4.69) is 15.8 Å². The van der Waals surface area contributed by atoms with Crippen LogP contribution in [0.1, 0.15) is 44.7 Å². The predicted molar refractivity (Wildman–Crippen MR) is 112 cm³/mol. The summed E-state index contributed by atoms with van der Waals surface area (Å²) in [6.07, 6.45) is -1.02. The molecule has 1 aliphatic heterocycles. The number of benzene rings is 1. The fourth-order valence-corrected chi connectivity index (χ4v) is 2.70. The fraction of sp³-hybridized carbons (Fsp3) is 0.450. The number of nitrogens with two attached hydrogens (primary N) is 1. The maximum absolute atomic E-state index is 12.2. The Morgan fingerprint density at radius 3 is 2.52 bits per heavy atom. The van der Waals surface area contributed by atoms with E-state index >= 15 is 0 Å². The Hall–Kier alpha value is -3.63. The van der Waals surface area contributed by atoms with Crippen molar-refractivity contribution in [3.05, 3.63) is 35.4 Å². The first kappa shape index (κ1) is 23.6. The molecule has 1 aliphatic rings. The van der Waals surface area contributed by atoms with Gasteiger partial charge in [-0.15, -0.1) is 0 Å². The zero-order valence-electron chi connectivity index (χ0n) is 17.6. The number of amidine groups is 1. The van der Waals surface area contributed by atoms with Gasteiger partial charge in [-0.2, -0.15) is 0 Å². The summed E-state index contributed by atoms with van der Waals surface area (Å²) >= 11 is 0. The third-order valence-electron chi connectivity index (χ3n) is 4.17. The molecule has 0 saturated carbocycles. The van der Waals surface area contributed by atoms with Crippen LogP contribution in [0.3, 0.4) is 0 Å². The van der Waals surface area contributed by atoms with Crippen LogP contribution in [0.5, 0.6) is 0 Å². The molecule has 0 spiro atoms. The molecule has 1 aromatic rings. The summed E-state index contributed by atoms with van der Waals surface area (Å²) in [4.78, 5) is 40.6. The molecule has 2 amide bonds. The largest absolute Gasteiger partial charge is 0.480 e. The molecule has 0 radical (unpaired) electrons. The molecule has 0 bridgehead atoms. The summed E-state index contributed by atoms with van der Waals surface area (Å²) in [5, 5.41) is 25.3. The van der Waals surface area contributed by atoms with E-state index in [1.54, 1.807) is 45.0 Å². The summed E-state index contributed by atoms with van der Waals surface area (Å²) < 4.78 is 5.03. The van der Waals surface area contributed by atoms with E-state index < -0.39 is 35.7 Å². The molecule has 11 heteroatoms. The molecule has 2 atom stereocenters. The number of carbonyl (C=O) groups is 3. The van der Waals surface area contributed by atoms with E-state index in [9.17, 15) is 19.5 Å². The first-order chi connectivity index (χ1) is 14.4. The number of nitrogens with zero attached hydrogens (tertiary/aromatic N) is 1. The Morgan fingerprint density at radius 2 is 1.97 bits per heavy atom. The van der Waals surface area contributed by atoms with Crippen LogP contribution in [0.4, 0.5) is 4.79 Å². The van der Waals surface area contributed by atoms with Crippen molar-refractivity contribution in [1.82, 2.24) is 10.6 Å². The number of aliphatic carboxylic acids is 1. The average Bonchev–Trinajstić information content (AvgIpc) is 3.11. The lowest BCUT2D eigenvalue weighted by molar-refractivity contribution is -0.139. The maximum atomic E-state index is 12.2. The highest BCUT2D eigenvalue weighted by molar-refractivity contribution is 6.02. The van der Waals surface area contributed by atoms with Crippen molar-refractivity contribution in [2.24, 2.45) is 10.9 Å². The molecule has 168 valence electrons. The van der Waals surface area contributed by atoms with Gasteiger partial charge in [-0.05, 0) is 26.3 Å². The third kappa shape index (κ3) is 7.61. The monoisotopic (exact) mass is 433 g/mol. The van der Waals surface area contributed by atoms with Crippen LogP contribution in [0.2, 0.25) is 0 Å². The lowest BCUT2D eigenvalue weighted by atomic mass is 10.0. The number of nitrogens with one attached hydrogen (secondary N) is 3. The summed E-state index contributed by atoms with van der Waals surface area (Å²) in [6, 6.07) is 5.59. The van der Waals surface area contributed by atoms with Gasteiger partial charge in [0.2, 0.25) is 5.91 Å². The van der Waals surface area contributed by atoms with Crippen LogP contribution in [-0.4, -0.2) is 58.9 Å². The smallest absolute Gasteiger partial charge is 0.408 e. The van der Waals surface area contributed by atoms with E-state index in [1.165, 1.54) is 0 Å². The number of amides is 2. The average molecular weight is 433 g/mol. The number of ether oxygens (including phenoxy) is 1. The summed E-state index contributed by atoms with van der Waals surface area (Å²) in [5.74, 6) is -1.78. The quantitative estimate of drug-likeness (QED) is 0.299. The van der Waals surface area contributed by atoms with E-state index in [0.29, 0.717) is 17.7 Å². The standard InChI is InChI=1S/C20H27N5O6/c1-20(2,3)30-19(29)24-15(18(27)28)10-23-16(26)9-13-8-14(25-31-13)11-4-6-12(7-5-11)17(21)22/h4-7,13,15H,8-10H2,1-3H3,(H3,21,22)(H,23,26)(H,24,29)(H,27,28)/t13?,15-/m0/s1. The van der Waals surface area contributed by atoms with E-state index in [4.69, 9.17) is 20.7 Å². The molecular formula is C20H27N5O6. The minimum Gasteiger partial charge on any atom is -0.480 e. The minimum atomic E-state index is -1.34. The van der Waals surface area contributed by atoms with Crippen LogP contribution in [0, 0.1) is 5.41 Å². The third-order valence-corrected chi connectivity index (χ3v) is 4.17. The van der Waals surface area contributed by atoms with Crippen LogP contribution in [0.15, 0.2) is 29.4 Å². The van der Waals surface area contributed by atoms with Gasteiger partial charge < -0.3 is 31.0 Å². The number of carboxylic acids is 1. The van der Waals surface area contributed by atoms with Gasteiger partial charge in [-0.3, -0.25) is 10.2 Å². The van der Waals surface area contributed by atoms with Crippen LogP contribution in [-0.2, 0) is 19.2 Å². The molecule has 1 heterocycles. The van der Waals surface area contributed by atoms with E-state index in [0.717, 1.165) is 5.56 Å². The van der Waals surface area contributed by atoms with E-state index in [1.807, 2.05) is 0 Å². The number of alkyl carbamates (subject to hydrolysis) is 1. The Morgan fingerprint density at radius 1 is 1.32 bits per heavy atom. The lowest BCUT2D eigenvalue weighted by Gasteiger charge is -2.22. The molecule has 11 nitrogen and oxygen atoms in total. The van der Waals surface area contributed by atoms with Crippen LogP contribution >= 0.6 is 0 Å². The number of carboxylic acid groups (broad SMARTS) is 1. The highest BCUT2D eigenvalue weighted by Gasteiger charge is 2.27. The molecule has 1 unspecified atom stereocenters. The number of nitrogen functional groups attached to an aromatic ring is 1. The van der Waals surface area contributed by atoms with E-state index in [-0.39, 0.29) is 18.8 Å². The molecule has 2 rings (SSSR count). The van der Waals surface area contributed by atoms with Gasteiger partial charge in [-0.1, -0.05) is 29.4 Å². The second-order valence-electron chi connectivity index (χ2n) is 8.01. The van der Waals surface area contributed by atoms with Gasteiger partial charge in [0.15, 0.2) is 0 Å². The van der Waals surface area contributed by atoms with Gasteiger partial charge in [-0.25, -0.2) is 9.59 Å². The Balaban J connectivity index is 1.81. The second-order valence-corrected chi connectivity index (χ2v) is 8.01. The topological polar surface area (TPSA) is 176 Å². The van der Waals surface area contributed by atoms with Crippen molar-refractivity contribution in [2.45, 2.75) is 51.4 Å². The Kier molecular flexibility index (Phi) is 7.56. The molecule has 6 N–H and O–H groups in total. The summed E-state index contributed by atoms with van der Waals surface area (Å²) in [6.45, 7) is 4.65. The second kappa shape index (κ2) is 9.92. The van der Waals surface area contributed by atoms with Crippen molar-refractivity contribution < 1.29 is 29.1 Å². The molecule has 31 heavy (non-hydrogen) atoms. The van der Waals surface area contributed by atoms with Gasteiger partial charge >= 0.3 is 12.1 Å². The van der Waals surface area contributed by atoms with Crippen molar-refractivity contribution in [3.63, 3.8) is 0 Å². The minimum absolute atomic E-state index is 0.0305. The van der Waals surface area contributed by atoms with Crippen LogP contribution < -0.4 is 16.4 Å². The number of carbonyl (C=O) groups excluding carboxylic acids is 2. The predicted octanol–water partition coefficient (Wildman–Crippen LogP) is 0.948. The molecule has 1 aromatic carbocycles. The Bertz CT molecular complexity index is 875. The van der Waals surface area contributed by atoms with Crippen molar-refractivity contribution in [3.8, 4) is 0 Å². The zero-order chi connectivity index (χ0) is 23.2. The lowest BCUT2D eigenvalue weighted by Crippen LogP contribution is -2.49.